The van der Waals surface area contributed by atoms with Crippen LogP contribution in [0.3, 0.4) is 0 Å². The molecule has 1 atom stereocenters. The number of carbonyl (C=O) groups excluding carboxylic acids is 1. The van der Waals surface area contributed by atoms with Gasteiger partial charge in [-0.2, -0.15) is 0 Å². The van der Waals surface area contributed by atoms with E-state index in [1.807, 2.05) is 23.2 Å². The van der Waals surface area contributed by atoms with Crippen molar-refractivity contribution in [2.75, 3.05) is 39.8 Å². The number of imidazole rings is 1. The number of hydrogen-bond acceptors (Lipinski definition) is 5. The first-order valence-corrected chi connectivity index (χ1v) is 12.3. The molecule has 7 heteroatoms. The van der Waals surface area contributed by atoms with Crippen LogP contribution in [0.4, 0.5) is 0 Å². The van der Waals surface area contributed by atoms with Gasteiger partial charge in [0, 0.05) is 32.4 Å². The highest BCUT2D eigenvalue weighted by Gasteiger charge is 2.29. The minimum atomic E-state index is 0.104. The third-order valence-corrected chi connectivity index (χ3v) is 7.21. The number of aromatic amines is 1. The quantitative estimate of drug-likeness (QED) is 0.764. The number of amides is 1. The molecule has 1 unspecified atom stereocenters. The molecule has 1 aliphatic heterocycles. The second-order valence-corrected chi connectivity index (χ2v) is 9.30. The van der Waals surface area contributed by atoms with Crippen LogP contribution in [0.5, 0.6) is 0 Å². The maximum Gasteiger partial charge on any atom is 0.255 e. The number of hydrogen-bond donors (Lipinski definition) is 1. The molecule has 1 saturated heterocycles. The number of pyridine rings is 1. The third-order valence-electron chi connectivity index (χ3n) is 7.21. The van der Waals surface area contributed by atoms with Crippen LogP contribution >= 0.6 is 0 Å². The van der Waals surface area contributed by atoms with Crippen LogP contribution in [0.1, 0.15) is 60.7 Å². The van der Waals surface area contributed by atoms with Gasteiger partial charge in [-0.1, -0.05) is 25.1 Å². The molecule has 1 amide bonds. The fourth-order valence-electron chi connectivity index (χ4n) is 5.29. The minimum absolute atomic E-state index is 0.104. The second-order valence-electron chi connectivity index (χ2n) is 9.30. The van der Waals surface area contributed by atoms with Gasteiger partial charge in [0.05, 0.1) is 29.5 Å². The number of aryl methyl sites for hydroxylation is 1. The Morgan fingerprint density at radius 3 is 2.94 bits per heavy atom. The molecule has 0 bridgehead atoms. The zero-order valence-corrected chi connectivity index (χ0v) is 19.8. The third kappa shape index (κ3) is 4.52. The SMILES string of the molecule is CCN1CCN(C(=O)C2=CCC=Cc3[nH]c(CN(C)C4CCCc5cccnc54)nc32)CC1. The highest BCUT2D eigenvalue weighted by Crippen LogP contribution is 2.33. The zero-order chi connectivity index (χ0) is 22.8. The molecule has 0 spiro atoms. The topological polar surface area (TPSA) is 68.4 Å². The highest BCUT2D eigenvalue weighted by molar-refractivity contribution is 6.19. The Bertz CT molecular complexity index is 1060. The van der Waals surface area contributed by atoms with Gasteiger partial charge in [0.15, 0.2) is 0 Å². The van der Waals surface area contributed by atoms with E-state index in [-0.39, 0.29) is 5.91 Å². The van der Waals surface area contributed by atoms with E-state index in [0.717, 1.165) is 74.8 Å². The van der Waals surface area contributed by atoms with Gasteiger partial charge in [0.1, 0.15) is 11.5 Å². The Kier molecular flexibility index (Phi) is 6.42. The Hall–Kier alpha value is -2.77. The fourth-order valence-corrected chi connectivity index (χ4v) is 5.29. The van der Waals surface area contributed by atoms with E-state index in [0.29, 0.717) is 12.6 Å². The number of rotatable bonds is 5. The minimum Gasteiger partial charge on any atom is -0.341 e. The number of piperazine rings is 1. The van der Waals surface area contributed by atoms with E-state index < -0.39 is 0 Å². The van der Waals surface area contributed by atoms with Crippen molar-refractivity contribution in [1.82, 2.24) is 29.7 Å². The number of allylic oxidation sites excluding steroid dienone is 2. The normalized spacial score (nSPS) is 20.9. The lowest BCUT2D eigenvalue weighted by Gasteiger charge is -2.34. The van der Waals surface area contributed by atoms with Gasteiger partial charge in [-0.15, -0.1) is 0 Å². The molecular formula is C26H34N6O. The van der Waals surface area contributed by atoms with Gasteiger partial charge in [0.2, 0.25) is 0 Å². The molecule has 2 aromatic rings. The Balaban J connectivity index is 1.34. The van der Waals surface area contributed by atoms with Crippen LogP contribution in [0.25, 0.3) is 11.6 Å². The molecule has 0 radical (unpaired) electrons. The molecule has 33 heavy (non-hydrogen) atoms. The summed E-state index contributed by atoms with van der Waals surface area (Å²) >= 11 is 0. The van der Waals surface area contributed by atoms with Crippen LogP contribution in [0.2, 0.25) is 0 Å². The van der Waals surface area contributed by atoms with Crippen molar-refractivity contribution in [3.8, 4) is 0 Å². The zero-order valence-electron chi connectivity index (χ0n) is 19.8. The van der Waals surface area contributed by atoms with Crippen molar-refractivity contribution in [2.24, 2.45) is 0 Å². The summed E-state index contributed by atoms with van der Waals surface area (Å²) in [7, 11) is 2.15. The van der Waals surface area contributed by atoms with Crippen molar-refractivity contribution in [3.63, 3.8) is 0 Å². The lowest BCUT2D eigenvalue weighted by atomic mass is 9.91. The van der Waals surface area contributed by atoms with Crippen molar-refractivity contribution < 1.29 is 4.79 Å². The van der Waals surface area contributed by atoms with E-state index in [9.17, 15) is 4.79 Å². The van der Waals surface area contributed by atoms with E-state index >= 15 is 0 Å². The number of likely N-dealkylation sites (N-methyl/N-ethyl adjacent to an activating group) is 1. The average Bonchev–Trinajstić information content (AvgIpc) is 3.14. The maximum atomic E-state index is 13.4. The van der Waals surface area contributed by atoms with E-state index in [4.69, 9.17) is 9.97 Å². The highest BCUT2D eigenvalue weighted by atomic mass is 16.2. The second kappa shape index (κ2) is 9.61. The summed E-state index contributed by atoms with van der Waals surface area (Å²) in [4.78, 5) is 33.2. The Morgan fingerprint density at radius 1 is 1.27 bits per heavy atom. The molecule has 3 aliphatic rings. The Labute approximate surface area is 196 Å². The molecule has 5 rings (SSSR count). The number of fused-ring (bicyclic) bond motifs is 2. The molecule has 2 aliphatic carbocycles. The maximum absolute atomic E-state index is 13.4. The Morgan fingerprint density at radius 2 is 2.12 bits per heavy atom. The van der Waals surface area contributed by atoms with Gasteiger partial charge < -0.3 is 14.8 Å². The molecule has 1 N–H and O–H groups in total. The van der Waals surface area contributed by atoms with Gasteiger partial charge in [-0.05, 0) is 57.0 Å². The monoisotopic (exact) mass is 446 g/mol. The molecular weight excluding hydrogens is 412 g/mol. The number of nitrogens with zero attached hydrogens (tertiary/aromatic N) is 5. The van der Waals surface area contributed by atoms with Crippen LogP contribution < -0.4 is 0 Å². The lowest BCUT2D eigenvalue weighted by Crippen LogP contribution is -2.48. The molecule has 0 saturated carbocycles. The number of nitrogens with one attached hydrogen (secondary N) is 1. The largest absolute Gasteiger partial charge is 0.341 e. The first kappa shape index (κ1) is 22.0. The van der Waals surface area contributed by atoms with Crippen LogP contribution in [-0.2, 0) is 17.8 Å². The molecule has 1 fully saturated rings. The van der Waals surface area contributed by atoms with Crippen molar-refractivity contribution >= 4 is 17.6 Å². The van der Waals surface area contributed by atoms with Crippen molar-refractivity contribution in [3.05, 3.63) is 59.0 Å². The van der Waals surface area contributed by atoms with Crippen LogP contribution in [-0.4, -0.2) is 75.3 Å². The summed E-state index contributed by atoms with van der Waals surface area (Å²) in [6, 6.07) is 4.52. The summed E-state index contributed by atoms with van der Waals surface area (Å²) in [5, 5.41) is 0. The number of aromatic nitrogens is 3. The van der Waals surface area contributed by atoms with E-state index in [1.54, 1.807) is 0 Å². The molecule has 7 nitrogen and oxygen atoms in total. The number of carbonyl (C=O) groups is 1. The summed E-state index contributed by atoms with van der Waals surface area (Å²) in [5.74, 6) is 0.999. The van der Waals surface area contributed by atoms with Gasteiger partial charge in [-0.3, -0.25) is 14.7 Å². The smallest absolute Gasteiger partial charge is 0.255 e. The molecule has 174 valence electrons. The summed E-state index contributed by atoms with van der Waals surface area (Å²) in [6.07, 6.45) is 12.2. The van der Waals surface area contributed by atoms with E-state index in [2.05, 4.69) is 47.0 Å². The molecule has 2 aromatic heterocycles. The van der Waals surface area contributed by atoms with Gasteiger partial charge >= 0.3 is 0 Å². The first-order valence-electron chi connectivity index (χ1n) is 12.3. The first-order chi connectivity index (χ1) is 16.1. The van der Waals surface area contributed by atoms with Crippen molar-refractivity contribution in [1.29, 1.82) is 0 Å². The lowest BCUT2D eigenvalue weighted by molar-refractivity contribution is -0.126. The van der Waals surface area contributed by atoms with Crippen LogP contribution in [0.15, 0.2) is 30.5 Å². The summed E-state index contributed by atoms with van der Waals surface area (Å²) < 4.78 is 0. The molecule has 0 aromatic carbocycles. The summed E-state index contributed by atoms with van der Waals surface area (Å²) in [5.41, 5.74) is 5.01. The number of H-pyrrole nitrogens is 1. The fraction of sp³-hybridized carbons (Fsp3) is 0.500. The van der Waals surface area contributed by atoms with Crippen molar-refractivity contribution in [2.45, 2.75) is 45.2 Å². The predicted octanol–water partition coefficient (Wildman–Crippen LogP) is 3.28. The van der Waals surface area contributed by atoms with Crippen LogP contribution in [0, 0.1) is 0 Å². The van der Waals surface area contributed by atoms with Gasteiger partial charge in [-0.25, -0.2) is 4.98 Å². The summed E-state index contributed by atoms with van der Waals surface area (Å²) in [6.45, 7) is 7.34. The molecule has 3 heterocycles. The standard InChI is InChI=1S/C26H34N6O/c1-3-31-14-16-32(17-15-31)26(33)20-10-4-5-11-21-25(20)29-23(28-21)18-30(2)22-12-6-8-19-9-7-13-27-24(19)22/h5,7,9-11,13,22H,3-4,6,8,12,14-18H2,1-2H3,(H,28,29). The van der Waals surface area contributed by atoms with Gasteiger partial charge in [0.25, 0.3) is 5.91 Å². The predicted molar refractivity (Wildman–Crippen MR) is 130 cm³/mol. The average molecular weight is 447 g/mol. The van der Waals surface area contributed by atoms with E-state index in [1.165, 1.54) is 17.7 Å².